The van der Waals surface area contributed by atoms with E-state index in [0.29, 0.717) is 0 Å². The maximum Gasteiger partial charge on any atom is 0.346 e. The molecule has 0 fully saturated rings. The zero-order valence-corrected chi connectivity index (χ0v) is 11.2. The summed E-state index contributed by atoms with van der Waals surface area (Å²) in [5.74, 6) is -1.12. The van der Waals surface area contributed by atoms with Crippen molar-refractivity contribution < 1.29 is 9.90 Å². The van der Waals surface area contributed by atoms with Crippen molar-refractivity contribution in [3.63, 3.8) is 0 Å². The van der Waals surface area contributed by atoms with Gasteiger partial charge in [-0.15, -0.1) is 5.10 Å². The molecule has 0 bridgehead atoms. The first-order chi connectivity index (χ1) is 9.40. The minimum Gasteiger partial charge on any atom is -0.480 e. The molecule has 2 aromatic rings. The van der Waals surface area contributed by atoms with Crippen LogP contribution in [0.4, 0.5) is 0 Å². The molecule has 1 N–H and O–H groups in total. The first-order valence-electron chi connectivity index (χ1n) is 5.20. The fraction of sp³-hybridized carbons (Fsp3) is 0.375. The highest BCUT2D eigenvalue weighted by molar-refractivity contribution is 7.99. The smallest absolute Gasteiger partial charge is 0.346 e. The molecule has 11 nitrogen and oxygen atoms in total. The molecule has 0 saturated heterocycles. The topological polar surface area (TPSA) is 138 Å². The van der Waals surface area contributed by atoms with Gasteiger partial charge in [-0.2, -0.15) is 5.10 Å². The summed E-state index contributed by atoms with van der Waals surface area (Å²) in [7, 11) is 2.71. The van der Waals surface area contributed by atoms with Crippen LogP contribution in [-0.2, 0) is 25.4 Å². The number of aliphatic carboxylic acids is 1. The van der Waals surface area contributed by atoms with Crippen LogP contribution in [-0.4, -0.2) is 45.6 Å². The summed E-state index contributed by atoms with van der Waals surface area (Å²) in [6.07, 6.45) is 0. The van der Waals surface area contributed by atoms with Crippen molar-refractivity contribution >= 4 is 17.7 Å². The third-order valence-electron chi connectivity index (χ3n) is 2.26. The van der Waals surface area contributed by atoms with E-state index in [1.165, 1.54) is 14.1 Å². The van der Waals surface area contributed by atoms with Gasteiger partial charge >= 0.3 is 11.7 Å². The lowest BCUT2D eigenvalue weighted by molar-refractivity contribution is -0.138. The first-order valence-corrected chi connectivity index (χ1v) is 6.02. The average molecular weight is 299 g/mol. The molecule has 0 aliphatic rings. The van der Waals surface area contributed by atoms with E-state index in [4.69, 9.17) is 5.11 Å². The fourth-order valence-electron chi connectivity index (χ4n) is 1.32. The monoisotopic (exact) mass is 299 g/mol. The number of aryl methyl sites for hydroxylation is 1. The third-order valence-corrected chi connectivity index (χ3v) is 3.19. The van der Waals surface area contributed by atoms with Crippen molar-refractivity contribution in [3.8, 4) is 0 Å². The van der Waals surface area contributed by atoms with E-state index in [-0.39, 0.29) is 10.2 Å². The number of tetrazole rings is 1. The zero-order chi connectivity index (χ0) is 14.9. The van der Waals surface area contributed by atoms with Crippen molar-refractivity contribution in [1.29, 1.82) is 0 Å². The van der Waals surface area contributed by atoms with Crippen LogP contribution < -0.4 is 11.2 Å². The Bertz CT molecular complexity index is 776. The summed E-state index contributed by atoms with van der Waals surface area (Å²) in [5.41, 5.74) is -1.17. The summed E-state index contributed by atoms with van der Waals surface area (Å²) in [4.78, 5) is 34.0. The molecule has 0 radical (unpaired) electrons. The van der Waals surface area contributed by atoms with Gasteiger partial charge in [-0.25, -0.2) is 14.2 Å². The Kier molecular flexibility index (Phi) is 3.65. The largest absolute Gasteiger partial charge is 0.480 e. The molecule has 0 atom stereocenters. The van der Waals surface area contributed by atoms with Gasteiger partial charge in [0.2, 0.25) is 5.16 Å². The number of carboxylic acid groups (broad SMARTS) is 1. The maximum atomic E-state index is 11.9. The van der Waals surface area contributed by atoms with E-state index in [1.807, 2.05) is 0 Å². The lowest BCUT2D eigenvalue weighted by Crippen LogP contribution is -2.39. The van der Waals surface area contributed by atoms with Gasteiger partial charge in [0.05, 0.1) is 0 Å². The fourth-order valence-corrected chi connectivity index (χ4v) is 2.16. The zero-order valence-electron chi connectivity index (χ0n) is 10.4. The molecule has 0 unspecified atom stereocenters. The number of aromatic nitrogens is 7. The predicted octanol–water partition coefficient (Wildman–Crippen LogP) is -2.30. The lowest BCUT2D eigenvalue weighted by atomic mass is 10.7. The summed E-state index contributed by atoms with van der Waals surface area (Å²) >= 11 is 0.786. The van der Waals surface area contributed by atoms with E-state index < -0.39 is 23.8 Å². The van der Waals surface area contributed by atoms with Crippen molar-refractivity contribution in [2.75, 3.05) is 0 Å². The van der Waals surface area contributed by atoms with E-state index in [0.717, 1.165) is 25.7 Å². The molecular formula is C8H9N7O4S. The second-order valence-corrected chi connectivity index (χ2v) is 4.65. The number of hydrogen-bond acceptors (Lipinski definition) is 8. The van der Waals surface area contributed by atoms with E-state index >= 15 is 0 Å². The molecule has 0 aliphatic heterocycles. The summed E-state index contributed by atoms with van der Waals surface area (Å²) in [5, 5.41) is 23.0. The second-order valence-electron chi connectivity index (χ2n) is 3.69. The Balaban J connectivity index is 2.41. The highest BCUT2D eigenvalue weighted by Gasteiger charge is 2.16. The Hall–Kier alpha value is -2.50. The molecule has 2 aromatic heterocycles. The summed E-state index contributed by atoms with van der Waals surface area (Å²) < 4.78 is 2.90. The normalized spacial score (nSPS) is 10.7. The lowest BCUT2D eigenvalue weighted by Gasteiger charge is -2.04. The van der Waals surface area contributed by atoms with Gasteiger partial charge in [-0.05, 0) is 22.2 Å². The van der Waals surface area contributed by atoms with Crippen LogP contribution in [0.3, 0.4) is 0 Å². The van der Waals surface area contributed by atoms with Crippen LogP contribution in [0, 0.1) is 0 Å². The first kappa shape index (κ1) is 13.9. The Morgan fingerprint density at radius 2 is 2.05 bits per heavy atom. The van der Waals surface area contributed by atoms with Gasteiger partial charge in [0.1, 0.15) is 6.54 Å². The van der Waals surface area contributed by atoms with Gasteiger partial charge < -0.3 is 5.11 Å². The molecule has 0 amide bonds. The van der Waals surface area contributed by atoms with E-state index in [9.17, 15) is 14.4 Å². The molecule has 106 valence electrons. The SMILES string of the molecule is Cn1nc(Sc2nnnn2CC(=O)O)c(=O)n(C)c1=O. The van der Waals surface area contributed by atoms with Gasteiger partial charge in [0.15, 0.2) is 5.03 Å². The van der Waals surface area contributed by atoms with Crippen LogP contribution in [0.5, 0.6) is 0 Å². The van der Waals surface area contributed by atoms with Crippen LogP contribution in [0.25, 0.3) is 0 Å². The predicted molar refractivity (Wildman–Crippen MR) is 64.3 cm³/mol. The highest BCUT2D eigenvalue weighted by Crippen LogP contribution is 2.19. The Morgan fingerprint density at radius 3 is 2.70 bits per heavy atom. The van der Waals surface area contributed by atoms with E-state index in [2.05, 4.69) is 20.6 Å². The molecule has 0 spiro atoms. The maximum absolute atomic E-state index is 11.9. The number of carboxylic acids is 1. The Morgan fingerprint density at radius 1 is 1.35 bits per heavy atom. The molecule has 2 heterocycles. The quantitative estimate of drug-likeness (QED) is 0.660. The van der Waals surface area contributed by atoms with Gasteiger partial charge in [0, 0.05) is 14.1 Å². The van der Waals surface area contributed by atoms with Crippen LogP contribution in [0.2, 0.25) is 0 Å². The van der Waals surface area contributed by atoms with E-state index in [1.54, 1.807) is 0 Å². The molecule has 0 aliphatic carbocycles. The minimum absolute atomic E-state index is 0.0314. The van der Waals surface area contributed by atoms with Gasteiger partial charge in [-0.3, -0.25) is 14.2 Å². The molecule has 20 heavy (non-hydrogen) atoms. The van der Waals surface area contributed by atoms with Crippen LogP contribution >= 0.6 is 11.8 Å². The van der Waals surface area contributed by atoms with Crippen molar-refractivity contribution in [3.05, 3.63) is 20.8 Å². The van der Waals surface area contributed by atoms with Crippen molar-refractivity contribution in [1.82, 2.24) is 34.6 Å². The van der Waals surface area contributed by atoms with Crippen molar-refractivity contribution in [2.45, 2.75) is 16.7 Å². The minimum atomic E-state index is -1.12. The third kappa shape index (κ3) is 2.59. The molecule has 12 heteroatoms. The molecule has 2 rings (SSSR count). The van der Waals surface area contributed by atoms with Crippen molar-refractivity contribution in [2.24, 2.45) is 14.1 Å². The number of carbonyl (C=O) groups is 1. The molecular weight excluding hydrogens is 290 g/mol. The molecule has 0 saturated carbocycles. The van der Waals surface area contributed by atoms with Crippen LogP contribution in [0.15, 0.2) is 19.8 Å². The summed E-state index contributed by atoms with van der Waals surface area (Å²) in [6, 6.07) is 0. The number of rotatable bonds is 4. The summed E-state index contributed by atoms with van der Waals surface area (Å²) in [6.45, 7) is -0.443. The highest BCUT2D eigenvalue weighted by atomic mass is 32.2. The number of hydrogen-bond donors (Lipinski definition) is 1. The van der Waals surface area contributed by atoms with Crippen LogP contribution in [0.1, 0.15) is 0 Å². The van der Waals surface area contributed by atoms with Gasteiger partial charge in [-0.1, -0.05) is 0 Å². The van der Waals surface area contributed by atoms with Gasteiger partial charge in [0.25, 0.3) is 5.56 Å². The second kappa shape index (κ2) is 5.24. The Labute approximate surface area is 114 Å². The number of nitrogens with zero attached hydrogens (tertiary/aromatic N) is 7. The standard InChI is InChI=1S/C8H9N7O4S/c1-13-6(18)5(10-14(2)8(13)19)20-7-9-11-12-15(7)3-4(16)17/h3H2,1-2H3,(H,16,17). The average Bonchev–Trinajstić information content (AvgIpc) is 2.80. The molecule has 0 aromatic carbocycles.